The smallest absolute Gasteiger partial charge is 0.230 e. The lowest BCUT2D eigenvalue weighted by Gasteiger charge is -2.26. The number of para-hydroxylation sites is 1. The van der Waals surface area contributed by atoms with Gasteiger partial charge in [0.2, 0.25) is 17.6 Å². The van der Waals surface area contributed by atoms with Crippen molar-refractivity contribution in [2.45, 2.75) is 12.8 Å². The predicted octanol–water partition coefficient (Wildman–Crippen LogP) is 5.17. The molecule has 0 bridgehead atoms. The Morgan fingerprint density at radius 1 is 0.917 bits per heavy atom. The van der Waals surface area contributed by atoms with E-state index in [1.807, 2.05) is 66.2 Å². The van der Waals surface area contributed by atoms with Crippen LogP contribution in [0.3, 0.4) is 0 Å². The van der Waals surface area contributed by atoms with Crippen molar-refractivity contribution in [3.63, 3.8) is 0 Å². The van der Waals surface area contributed by atoms with E-state index in [-0.39, 0.29) is 5.92 Å². The van der Waals surface area contributed by atoms with E-state index in [1.54, 1.807) is 24.2 Å². The molecule has 5 heterocycles. The van der Waals surface area contributed by atoms with Crippen molar-refractivity contribution in [3.05, 3.63) is 102 Å². The molecule has 7 rings (SSSR count). The number of ether oxygens (including phenoxy) is 2. The summed E-state index contributed by atoms with van der Waals surface area (Å²) in [4.78, 5) is 9.47. The van der Waals surface area contributed by atoms with Crippen LogP contribution in [-0.4, -0.2) is 36.5 Å². The summed E-state index contributed by atoms with van der Waals surface area (Å²) in [7, 11) is 1.66. The van der Waals surface area contributed by atoms with Crippen molar-refractivity contribution in [2.75, 3.05) is 7.11 Å². The molecule has 1 unspecified atom stereocenters. The summed E-state index contributed by atoms with van der Waals surface area (Å²) in [6.45, 7) is 1.99. The normalized spacial score (nSPS) is 14.3. The Morgan fingerprint density at radius 3 is 2.50 bits per heavy atom. The molecule has 36 heavy (non-hydrogen) atoms. The lowest BCUT2D eigenvalue weighted by Crippen LogP contribution is -2.16. The summed E-state index contributed by atoms with van der Waals surface area (Å²) in [6.07, 6.45) is 3.21. The molecular weight excluding hydrogens is 456 g/mol. The van der Waals surface area contributed by atoms with Gasteiger partial charge in [-0.15, -0.1) is 5.10 Å². The molecule has 2 aromatic carbocycles. The van der Waals surface area contributed by atoms with E-state index in [4.69, 9.17) is 24.0 Å². The van der Waals surface area contributed by atoms with Crippen LogP contribution in [-0.2, 0) is 0 Å². The largest absolute Gasteiger partial charge is 0.497 e. The number of fused-ring (bicyclic) bond motifs is 4. The van der Waals surface area contributed by atoms with Gasteiger partial charge in [0.05, 0.1) is 41.8 Å². The molecule has 6 aromatic rings. The number of benzene rings is 2. The minimum atomic E-state index is -0.239. The van der Waals surface area contributed by atoms with Crippen LogP contribution in [0.4, 0.5) is 0 Å². The Morgan fingerprint density at radius 2 is 1.75 bits per heavy atom. The predicted molar refractivity (Wildman–Crippen MR) is 131 cm³/mol. The Kier molecular flexibility index (Phi) is 4.44. The molecule has 0 N–H and O–H groups in total. The number of hydrogen-bond donors (Lipinski definition) is 0. The van der Waals surface area contributed by atoms with E-state index < -0.39 is 0 Å². The standard InChI is InChI=1S/C27H20N6O3/c1-16-21-22(17-10-12-19(34-2)13-11-17)23-25-29-24(20-9-6-14-35-20)31-32(25)15-28-26(23)36-27(21)33(30-16)18-7-4-3-5-8-18/h3-15,22H,1-2H3. The third kappa shape index (κ3) is 3.02. The zero-order valence-corrected chi connectivity index (χ0v) is 19.5. The van der Waals surface area contributed by atoms with Crippen LogP contribution < -0.4 is 9.47 Å². The third-order valence-corrected chi connectivity index (χ3v) is 6.41. The van der Waals surface area contributed by atoms with Crippen molar-refractivity contribution in [1.82, 2.24) is 29.4 Å². The van der Waals surface area contributed by atoms with Gasteiger partial charge in [-0.1, -0.05) is 30.3 Å². The van der Waals surface area contributed by atoms with Crippen LogP contribution in [0.5, 0.6) is 17.5 Å². The van der Waals surface area contributed by atoms with E-state index >= 15 is 0 Å². The highest BCUT2D eigenvalue weighted by molar-refractivity contribution is 5.68. The average molecular weight is 476 g/mol. The van der Waals surface area contributed by atoms with E-state index in [1.165, 1.54) is 0 Å². The van der Waals surface area contributed by atoms with E-state index in [2.05, 4.69) is 22.2 Å². The molecule has 176 valence electrons. The van der Waals surface area contributed by atoms with Crippen molar-refractivity contribution in [1.29, 1.82) is 0 Å². The Balaban J connectivity index is 1.49. The number of hydrogen-bond acceptors (Lipinski definition) is 7. The Bertz CT molecular complexity index is 1700. The number of aromatic nitrogens is 6. The first kappa shape index (κ1) is 20.5. The van der Waals surface area contributed by atoms with Gasteiger partial charge in [0.25, 0.3) is 0 Å². The van der Waals surface area contributed by atoms with Gasteiger partial charge in [-0.05, 0) is 48.9 Å². The second-order valence-electron chi connectivity index (χ2n) is 8.50. The monoisotopic (exact) mass is 476 g/mol. The fraction of sp³-hybridized carbons (Fsp3) is 0.111. The minimum Gasteiger partial charge on any atom is -0.497 e. The van der Waals surface area contributed by atoms with Gasteiger partial charge in [0.15, 0.2) is 11.4 Å². The third-order valence-electron chi connectivity index (χ3n) is 6.41. The molecular formula is C27H20N6O3. The molecule has 9 heteroatoms. The van der Waals surface area contributed by atoms with Crippen LogP contribution >= 0.6 is 0 Å². The van der Waals surface area contributed by atoms with Crippen molar-refractivity contribution >= 4 is 5.65 Å². The molecule has 0 aliphatic carbocycles. The quantitative estimate of drug-likeness (QED) is 0.346. The minimum absolute atomic E-state index is 0.239. The first-order valence-corrected chi connectivity index (χ1v) is 11.5. The van der Waals surface area contributed by atoms with Crippen molar-refractivity contribution in [2.24, 2.45) is 0 Å². The maximum absolute atomic E-state index is 6.45. The van der Waals surface area contributed by atoms with Crippen LogP contribution in [0.2, 0.25) is 0 Å². The number of nitrogens with zero attached hydrogens (tertiary/aromatic N) is 6. The van der Waals surface area contributed by atoms with Gasteiger partial charge >= 0.3 is 0 Å². The molecule has 0 saturated carbocycles. The van der Waals surface area contributed by atoms with Gasteiger partial charge in [-0.2, -0.15) is 5.10 Å². The zero-order chi connectivity index (χ0) is 24.2. The number of methoxy groups -OCH3 is 1. The molecule has 1 aliphatic rings. The highest BCUT2D eigenvalue weighted by Gasteiger charge is 2.38. The number of aryl methyl sites for hydroxylation is 1. The van der Waals surface area contributed by atoms with Crippen molar-refractivity contribution < 1.29 is 13.9 Å². The molecule has 9 nitrogen and oxygen atoms in total. The first-order chi connectivity index (χ1) is 17.7. The number of rotatable bonds is 4. The van der Waals surface area contributed by atoms with Crippen LogP contribution in [0.25, 0.3) is 22.9 Å². The second kappa shape index (κ2) is 7.81. The SMILES string of the molecule is COc1ccc(C2c3c(C)nn(-c4ccccc4)c3Oc3ncn4nc(-c5ccco5)nc4c32)cc1. The molecule has 0 amide bonds. The molecule has 0 radical (unpaired) electrons. The summed E-state index contributed by atoms with van der Waals surface area (Å²) < 4.78 is 20.9. The maximum atomic E-state index is 6.45. The summed E-state index contributed by atoms with van der Waals surface area (Å²) in [5.74, 6) is 2.70. The second-order valence-corrected chi connectivity index (χ2v) is 8.50. The molecule has 1 atom stereocenters. The lowest BCUT2D eigenvalue weighted by atomic mass is 9.84. The topological polar surface area (TPSA) is 92.5 Å². The Labute approximate surface area is 205 Å². The summed E-state index contributed by atoms with van der Waals surface area (Å²) in [6, 6.07) is 21.6. The summed E-state index contributed by atoms with van der Waals surface area (Å²) in [5.41, 5.74) is 5.21. The van der Waals surface area contributed by atoms with E-state index in [9.17, 15) is 0 Å². The fourth-order valence-electron chi connectivity index (χ4n) is 4.76. The average Bonchev–Trinajstić information content (AvgIpc) is 3.67. The highest BCUT2D eigenvalue weighted by Crippen LogP contribution is 2.49. The molecule has 0 fully saturated rings. The van der Waals surface area contributed by atoms with Crippen molar-refractivity contribution in [3.8, 4) is 34.8 Å². The van der Waals surface area contributed by atoms with E-state index in [0.717, 1.165) is 33.8 Å². The Hall–Kier alpha value is -4.92. The molecule has 0 saturated heterocycles. The van der Waals surface area contributed by atoms with Gasteiger partial charge in [0, 0.05) is 0 Å². The summed E-state index contributed by atoms with van der Waals surface area (Å²) >= 11 is 0. The van der Waals surface area contributed by atoms with Gasteiger partial charge in [-0.3, -0.25) is 0 Å². The maximum Gasteiger partial charge on any atom is 0.230 e. The van der Waals surface area contributed by atoms with Gasteiger partial charge in [-0.25, -0.2) is 19.2 Å². The summed E-state index contributed by atoms with van der Waals surface area (Å²) in [5, 5.41) is 9.47. The fourth-order valence-corrected chi connectivity index (χ4v) is 4.76. The zero-order valence-electron chi connectivity index (χ0n) is 19.5. The van der Waals surface area contributed by atoms with Gasteiger partial charge < -0.3 is 13.9 Å². The first-order valence-electron chi connectivity index (χ1n) is 11.5. The highest BCUT2D eigenvalue weighted by atomic mass is 16.5. The van der Waals surface area contributed by atoms with Crippen LogP contribution in [0.15, 0.2) is 83.7 Å². The van der Waals surface area contributed by atoms with Crippen LogP contribution in [0.1, 0.15) is 28.3 Å². The number of furan rings is 1. The van der Waals surface area contributed by atoms with Gasteiger partial charge in [0.1, 0.15) is 12.1 Å². The molecule has 1 aliphatic heterocycles. The van der Waals surface area contributed by atoms with E-state index in [0.29, 0.717) is 29.0 Å². The molecule has 0 spiro atoms. The lowest BCUT2D eigenvalue weighted by molar-refractivity contribution is 0.402. The van der Waals surface area contributed by atoms with Crippen LogP contribution in [0, 0.1) is 6.92 Å². The molecule has 4 aromatic heterocycles.